The van der Waals surface area contributed by atoms with E-state index in [9.17, 15) is 21.6 Å². The topological polar surface area (TPSA) is 119 Å². The van der Waals surface area contributed by atoms with E-state index >= 15 is 0 Å². The smallest absolute Gasteiger partial charge is 0.412 e. The van der Waals surface area contributed by atoms with Crippen LogP contribution in [0.3, 0.4) is 0 Å². The van der Waals surface area contributed by atoms with Crippen LogP contribution >= 0.6 is 0 Å². The number of hydrogen-bond acceptors (Lipinski definition) is 6. The van der Waals surface area contributed by atoms with Gasteiger partial charge >= 0.3 is 6.09 Å². The third kappa shape index (κ3) is 6.41. The molecule has 0 aromatic heterocycles. The van der Waals surface area contributed by atoms with E-state index in [1.807, 2.05) is 0 Å². The summed E-state index contributed by atoms with van der Waals surface area (Å²) in [5, 5.41) is 2.43. The van der Waals surface area contributed by atoms with Crippen molar-refractivity contribution < 1.29 is 26.4 Å². The van der Waals surface area contributed by atoms with Crippen LogP contribution in [0.15, 0.2) is 29.2 Å². The Morgan fingerprint density at radius 3 is 1.95 bits per heavy atom. The summed E-state index contributed by atoms with van der Waals surface area (Å²) >= 11 is 0. The van der Waals surface area contributed by atoms with Crippen LogP contribution in [0.25, 0.3) is 0 Å². The maximum atomic E-state index is 11.8. The maximum absolute atomic E-state index is 11.8. The van der Waals surface area contributed by atoms with Gasteiger partial charge in [0.2, 0.25) is 10.0 Å². The molecule has 124 valence electrons. The summed E-state index contributed by atoms with van der Waals surface area (Å²) in [5.74, 6) is 0. The summed E-state index contributed by atoms with van der Waals surface area (Å²) in [4.78, 5) is 11.3. The molecule has 0 atom stereocenters. The number of rotatable bonds is 4. The molecule has 0 aliphatic heterocycles. The largest absolute Gasteiger partial charge is 0.444 e. The number of amides is 1. The summed E-state index contributed by atoms with van der Waals surface area (Å²) in [6.07, 6.45) is 0.0561. The first-order valence-electron chi connectivity index (χ1n) is 6.12. The molecule has 10 heteroatoms. The number of nitrogens with one attached hydrogen (secondary N) is 2. The van der Waals surface area contributed by atoms with Crippen molar-refractivity contribution in [3.8, 4) is 0 Å². The van der Waals surface area contributed by atoms with Crippen LogP contribution < -0.4 is 9.44 Å². The molecule has 0 saturated heterocycles. The monoisotopic (exact) mass is 350 g/mol. The lowest BCUT2D eigenvalue weighted by Gasteiger charge is -2.19. The van der Waals surface area contributed by atoms with Gasteiger partial charge in [0.15, 0.2) is 0 Å². The first-order chi connectivity index (χ1) is 9.78. The zero-order chi connectivity index (χ0) is 17.2. The standard InChI is InChI=1S/C12H18N2O6S2/c1-12(2,3)20-11(15)13-9-5-7-10(8-6-9)22(18,19)14-21(4,16)17/h5-8,14H,1-4H3,(H,13,15). The minimum atomic E-state index is -4.17. The van der Waals surface area contributed by atoms with Crippen molar-refractivity contribution in [1.82, 2.24) is 4.13 Å². The van der Waals surface area contributed by atoms with Crippen LogP contribution in [0.2, 0.25) is 0 Å². The lowest BCUT2D eigenvalue weighted by Crippen LogP contribution is -2.29. The SMILES string of the molecule is CC(C)(C)OC(=O)Nc1ccc(S(=O)(=O)NS(C)(=O)=O)cc1. The molecule has 0 saturated carbocycles. The van der Waals surface area contributed by atoms with E-state index in [1.165, 1.54) is 28.4 Å². The lowest BCUT2D eigenvalue weighted by atomic mass is 10.2. The molecule has 1 amide bonds. The summed E-state index contributed by atoms with van der Waals surface area (Å²) < 4.78 is 52.1. The van der Waals surface area contributed by atoms with E-state index in [-0.39, 0.29) is 4.90 Å². The van der Waals surface area contributed by atoms with Crippen molar-refractivity contribution in [3.63, 3.8) is 0 Å². The van der Waals surface area contributed by atoms with Gasteiger partial charge in [-0.05, 0) is 45.0 Å². The van der Waals surface area contributed by atoms with Gasteiger partial charge in [-0.3, -0.25) is 5.32 Å². The van der Waals surface area contributed by atoms with Crippen LogP contribution in [0.4, 0.5) is 10.5 Å². The fourth-order valence-electron chi connectivity index (χ4n) is 1.39. The van der Waals surface area contributed by atoms with Crippen LogP contribution in [0.5, 0.6) is 0 Å². The number of sulfonamides is 2. The van der Waals surface area contributed by atoms with E-state index < -0.39 is 31.7 Å². The third-order valence-corrected chi connectivity index (χ3v) is 5.05. The fraction of sp³-hybridized carbons (Fsp3) is 0.417. The number of anilines is 1. The van der Waals surface area contributed by atoms with Gasteiger partial charge in [0.05, 0.1) is 11.2 Å². The number of hydrogen-bond donors (Lipinski definition) is 2. The molecular formula is C12H18N2O6S2. The van der Waals surface area contributed by atoms with Gasteiger partial charge in [0, 0.05) is 5.69 Å². The van der Waals surface area contributed by atoms with Gasteiger partial charge < -0.3 is 4.74 Å². The van der Waals surface area contributed by atoms with Crippen molar-refractivity contribution in [2.24, 2.45) is 0 Å². The third-order valence-electron chi connectivity index (χ3n) is 2.07. The molecule has 1 aromatic rings. The minimum absolute atomic E-state index is 0.243. The molecule has 1 rings (SSSR count). The first-order valence-corrected chi connectivity index (χ1v) is 9.50. The highest BCUT2D eigenvalue weighted by atomic mass is 32.3. The molecule has 22 heavy (non-hydrogen) atoms. The van der Waals surface area contributed by atoms with E-state index in [2.05, 4.69) is 5.32 Å². The second-order valence-electron chi connectivity index (χ2n) is 5.51. The van der Waals surface area contributed by atoms with Crippen LogP contribution in [0.1, 0.15) is 20.8 Å². The molecule has 1 aromatic carbocycles. The number of ether oxygens (including phenoxy) is 1. The summed E-state index contributed by atoms with van der Waals surface area (Å²) in [6, 6.07) is 4.97. The minimum Gasteiger partial charge on any atom is -0.444 e. The number of carbonyl (C=O) groups excluding carboxylic acids is 1. The molecule has 8 nitrogen and oxygen atoms in total. The number of carbonyl (C=O) groups is 1. The average Bonchev–Trinajstić information content (AvgIpc) is 2.23. The highest BCUT2D eigenvalue weighted by Gasteiger charge is 2.20. The van der Waals surface area contributed by atoms with E-state index in [0.717, 1.165) is 6.26 Å². The van der Waals surface area contributed by atoms with Crippen molar-refractivity contribution in [2.45, 2.75) is 31.3 Å². The predicted molar refractivity (Wildman–Crippen MR) is 81.5 cm³/mol. The molecule has 0 unspecified atom stereocenters. The molecular weight excluding hydrogens is 332 g/mol. The van der Waals surface area contributed by atoms with Crippen molar-refractivity contribution in [2.75, 3.05) is 11.6 Å². The zero-order valence-corrected chi connectivity index (χ0v) is 14.2. The van der Waals surface area contributed by atoms with Crippen LogP contribution in [-0.2, 0) is 24.8 Å². The molecule has 2 N–H and O–H groups in total. The lowest BCUT2D eigenvalue weighted by molar-refractivity contribution is 0.0636. The molecule has 0 aliphatic carbocycles. The second-order valence-corrected chi connectivity index (χ2v) is 9.20. The second kappa shape index (κ2) is 6.23. The summed E-state index contributed by atoms with van der Waals surface area (Å²) in [6.45, 7) is 5.12. The molecule has 0 radical (unpaired) electrons. The normalized spacial score (nSPS) is 12.7. The Morgan fingerprint density at radius 2 is 1.55 bits per heavy atom. The van der Waals surface area contributed by atoms with Crippen molar-refractivity contribution in [3.05, 3.63) is 24.3 Å². The van der Waals surface area contributed by atoms with Gasteiger partial charge in [-0.25, -0.2) is 21.6 Å². The Labute approximate surface area is 130 Å². The van der Waals surface area contributed by atoms with E-state index in [4.69, 9.17) is 4.74 Å². The van der Waals surface area contributed by atoms with Crippen LogP contribution in [0, 0.1) is 0 Å². The Hall–Kier alpha value is -1.65. The highest BCUT2D eigenvalue weighted by molar-refractivity contribution is 8.04. The number of benzene rings is 1. The molecule has 0 spiro atoms. The Morgan fingerprint density at radius 1 is 1.05 bits per heavy atom. The van der Waals surface area contributed by atoms with Gasteiger partial charge in [0.25, 0.3) is 10.0 Å². The molecule has 0 fully saturated rings. The van der Waals surface area contributed by atoms with Crippen LogP contribution in [-0.4, -0.2) is 34.8 Å². The molecule has 0 heterocycles. The van der Waals surface area contributed by atoms with E-state index in [1.54, 1.807) is 20.8 Å². The van der Waals surface area contributed by atoms with Gasteiger partial charge in [-0.2, -0.15) is 0 Å². The van der Waals surface area contributed by atoms with Crippen molar-refractivity contribution >= 4 is 31.8 Å². The zero-order valence-electron chi connectivity index (χ0n) is 12.6. The van der Waals surface area contributed by atoms with Gasteiger partial charge in [-0.1, -0.05) is 0 Å². The Bertz CT molecular complexity index is 746. The van der Waals surface area contributed by atoms with Gasteiger partial charge in [-0.15, -0.1) is 4.13 Å². The fourth-order valence-corrected chi connectivity index (χ4v) is 3.86. The molecule has 0 aliphatic rings. The van der Waals surface area contributed by atoms with E-state index in [0.29, 0.717) is 5.69 Å². The Balaban J connectivity index is 2.86. The van der Waals surface area contributed by atoms with Crippen molar-refractivity contribution in [1.29, 1.82) is 0 Å². The maximum Gasteiger partial charge on any atom is 0.412 e. The predicted octanol–water partition coefficient (Wildman–Crippen LogP) is 1.27. The van der Waals surface area contributed by atoms with Gasteiger partial charge in [0.1, 0.15) is 5.60 Å². The average molecular weight is 350 g/mol. The first kappa shape index (κ1) is 18.4. The molecule has 0 bridgehead atoms. The quantitative estimate of drug-likeness (QED) is 0.844. The Kier molecular flexibility index (Phi) is 5.21. The highest BCUT2D eigenvalue weighted by Crippen LogP contribution is 2.16. The summed E-state index contributed by atoms with van der Waals surface area (Å²) in [7, 11) is -8.08. The summed E-state index contributed by atoms with van der Waals surface area (Å²) in [5.41, 5.74) is -0.347.